The first-order valence-corrected chi connectivity index (χ1v) is 13.7. The number of likely N-dealkylation sites (tertiary alicyclic amines) is 1. The molecule has 3 atom stereocenters. The van der Waals surface area contributed by atoms with Crippen LogP contribution in [0.5, 0.6) is 0 Å². The first-order chi connectivity index (χ1) is 17.1. The minimum absolute atomic E-state index is 0.481. The van der Waals surface area contributed by atoms with E-state index in [1.54, 1.807) is 17.4 Å². The van der Waals surface area contributed by atoms with Crippen LogP contribution in [0.15, 0.2) is 43.0 Å². The van der Waals surface area contributed by atoms with Gasteiger partial charge in [0.2, 0.25) is 0 Å². The lowest BCUT2D eigenvalue weighted by atomic mass is 9.89. The molecule has 1 saturated heterocycles. The van der Waals surface area contributed by atoms with E-state index >= 15 is 0 Å². The van der Waals surface area contributed by atoms with Gasteiger partial charge in [0.15, 0.2) is 5.13 Å². The Bertz CT molecular complexity index is 1320. The van der Waals surface area contributed by atoms with Crippen molar-refractivity contribution in [2.24, 2.45) is 11.8 Å². The van der Waals surface area contributed by atoms with Crippen LogP contribution < -0.4 is 5.73 Å². The van der Waals surface area contributed by atoms with Crippen molar-refractivity contribution in [3.63, 3.8) is 0 Å². The Kier molecular flexibility index (Phi) is 6.43. The quantitative estimate of drug-likeness (QED) is 0.333. The number of aryl methyl sites for hydroxylation is 1. The van der Waals surface area contributed by atoms with Crippen LogP contribution in [0.3, 0.4) is 0 Å². The molecular weight excluding hydrogens is 478 g/mol. The van der Waals surface area contributed by atoms with E-state index in [4.69, 9.17) is 17.3 Å². The van der Waals surface area contributed by atoms with Gasteiger partial charge in [0, 0.05) is 47.7 Å². The van der Waals surface area contributed by atoms with Crippen LogP contribution in [0.2, 0.25) is 5.15 Å². The van der Waals surface area contributed by atoms with Gasteiger partial charge in [-0.25, -0.2) is 9.97 Å². The van der Waals surface area contributed by atoms with Crippen LogP contribution in [0.25, 0.3) is 22.2 Å². The first-order valence-electron chi connectivity index (χ1n) is 12.5. The van der Waals surface area contributed by atoms with E-state index in [9.17, 15) is 0 Å². The fourth-order valence-electron chi connectivity index (χ4n) is 5.87. The smallest absolute Gasteiger partial charge is 0.180 e. The number of nitrogens with two attached hydrogens (primary N) is 1. The molecule has 5 heterocycles. The van der Waals surface area contributed by atoms with Crippen LogP contribution in [0, 0.1) is 11.8 Å². The molecule has 182 valence electrons. The van der Waals surface area contributed by atoms with Gasteiger partial charge >= 0.3 is 0 Å². The van der Waals surface area contributed by atoms with Crippen molar-refractivity contribution < 1.29 is 0 Å². The summed E-state index contributed by atoms with van der Waals surface area (Å²) in [6, 6.07) is 5.68. The SMILES string of the molecule is Nc1ncc(C2CCC(C3CCN(CCCn4cc(-c5cnc6ccc(Cl)nc6c5)cn4)C3)C2)s1. The molecular formula is C26H30ClN7S. The summed E-state index contributed by atoms with van der Waals surface area (Å²) >= 11 is 7.72. The highest BCUT2D eigenvalue weighted by molar-refractivity contribution is 7.15. The molecule has 1 saturated carbocycles. The lowest BCUT2D eigenvalue weighted by molar-refractivity contribution is 0.280. The Hall–Kier alpha value is -2.55. The van der Waals surface area contributed by atoms with E-state index < -0.39 is 0 Å². The number of pyridine rings is 2. The molecule has 0 aromatic carbocycles. The lowest BCUT2D eigenvalue weighted by Gasteiger charge is -2.20. The van der Waals surface area contributed by atoms with Gasteiger partial charge in [-0.1, -0.05) is 11.6 Å². The molecule has 0 bridgehead atoms. The van der Waals surface area contributed by atoms with Gasteiger partial charge in [0.1, 0.15) is 5.15 Å². The third-order valence-electron chi connectivity index (χ3n) is 7.72. The number of hydrogen-bond acceptors (Lipinski definition) is 7. The maximum atomic E-state index is 6.05. The molecule has 6 rings (SSSR count). The molecule has 0 radical (unpaired) electrons. The standard InChI is InChI=1S/C26H30ClN7S/c27-25-5-4-22-23(32-25)11-20(12-29-22)21-13-31-34(16-21)8-1-7-33-9-6-19(15-33)17-2-3-18(10-17)24-14-30-26(28)35-24/h4-5,11-14,16-19H,1-3,6-10,15H2,(H2,28,30). The van der Waals surface area contributed by atoms with Crippen molar-refractivity contribution in [3.05, 3.63) is 53.0 Å². The maximum absolute atomic E-state index is 6.05. The highest BCUT2D eigenvalue weighted by atomic mass is 35.5. The average Bonchev–Trinajstić information content (AvgIpc) is 3.65. The Morgan fingerprint density at radius 1 is 1.00 bits per heavy atom. The lowest BCUT2D eigenvalue weighted by Crippen LogP contribution is -2.24. The summed E-state index contributed by atoms with van der Waals surface area (Å²) in [7, 11) is 0. The molecule has 4 aromatic heterocycles. The van der Waals surface area contributed by atoms with Crippen molar-refractivity contribution in [1.82, 2.24) is 29.6 Å². The number of halogens is 1. The maximum Gasteiger partial charge on any atom is 0.180 e. The van der Waals surface area contributed by atoms with Gasteiger partial charge in [0.05, 0.1) is 17.2 Å². The molecule has 1 aliphatic heterocycles. The second-order valence-corrected chi connectivity index (χ2v) is 11.4. The number of anilines is 1. The van der Waals surface area contributed by atoms with Crippen molar-refractivity contribution in [2.45, 2.75) is 44.6 Å². The van der Waals surface area contributed by atoms with Gasteiger partial charge in [-0.15, -0.1) is 11.3 Å². The molecule has 4 aromatic rings. The third kappa shape index (κ3) is 5.06. The molecule has 3 unspecified atom stereocenters. The number of nitrogen functional groups attached to an aromatic ring is 1. The molecule has 2 N–H and O–H groups in total. The van der Waals surface area contributed by atoms with Crippen molar-refractivity contribution >= 4 is 39.1 Å². The van der Waals surface area contributed by atoms with Crippen molar-refractivity contribution in [1.29, 1.82) is 0 Å². The summed E-state index contributed by atoms with van der Waals surface area (Å²) < 4.78 is 2.04. The summed E-state index contributed by atoms with van der Waals surface area (Å²) in [5, 5.41) is 5.77. The highest BCUT2D eigenvalue weighted by Gasteiger charge is 2.35. The zero-order chi connectivity index (χ0) is 23.8. The number of fused-ring (bicyclic) bond motifs is 1. The minimum atomic E-state index is 0.481. The summed E-state index contributed by atoms with van der Waals surface area (Å²) in [6.45, 7) is 4.52. The normalized spacial score (nSPS) is 22.9. The fourth-order valence-corrected chi connectivity index (χ4v) is 6.86. The highest BCUT2D eigenvalue weighted by Crippen LogP contribution is 2.45. The monoisotopic (exact) mass is 507 g/mol. The van der Waals surface area contributed by atoms with Crippen LogP contribution >= 0.6 is 22.9 Å². The van der Waals surface area contributed by atoms with Crippen LogP contribution in [-0.4, -0.2) is 49.3 Å². The van der Waals surface area contributed by atoms with Gasteiger partial charge in [-0.05, 0) is 81.1 Å². The van der Waals surface area contributed by atoms with Crippen LogP contribution in [0.4, 0.5) is 5.13 Å². The van der Waals surface area contributed by atoms with E-state index in [2.05, 4.69) is 31.1 Å². The van der Waals surface area contributed by atoms with E-state index in [1.165, 1.54) is 43.6 Å². The predicted molar refractivity (Wildman–Crippen MR) is 142 cm³/mol. The summed E-state index contributed by atoms with van der Waals surface area (Å²) in [6.07, 6.45) is 14.3. The van der Waals surface area contributed by atoms with Gasteiger partial charge < -0.3 is 10.6 Å². The fraction of sp³-hybridized carbons (Fsp3) is 0.462. The molecule has 1 aliphatic carbocycles. The molecule has 0 spiro atoms. The summed E-state index contributed by atoms with van der Waals surface area (Å²) in [5.74, 6) is 2.36. The molecule has 2 aliphatic rings. The van der Waals surface area contributed by atoms with E-state index in [-0.39, 0.29) is 0 Å². The van der Waals surface area contributed by atoms with Gasteiger partial charge in [-0.2, -0.15) is 5.10 Å². The van der Waals surface area contributed by atoms with E-state index in [0.29, 0.717) is 16.2 Å². The van der Waals surface area contributed by atoms with Gasteiger partial charge in [0.25, 0.3) is 0 Å². The third-order valence-corrected chi connectivity index (χ3v) is 8.92. The Morgan fingerprint density at radius 3 is 2.83 bits per heavy atom. The van der Waals surface area contributed by atoms with Crippen molar-refractivity contribution in [3.8, 4) is 11.1 Å². The molecule has 2 fully saturated rings. The van der Waals surface area contributed by atoms with Crippen molar-refractivity contribution in [2.75, 3.05) is 25.4 Å². The van der Waals surface area contributed by atoms with Gasteiger partial charge in [-0.3, -0.25) is 9.67 Å². The second kappa shape index (κ2) is 9.84. The summed E-state index contributed by atoms with van der Waals surface area (Å²) in [5.41, 5.74) is 9.56. The first kappa shape index (κ1) is 22.9. The second-order valence-electron chi connectivity index (χ2n) is 9.96. The molecule has 0 amide bonds. The largest absolute Gasteiger partial charge is 0.375 e. The Labute approximate surface area is 214 Å². The van der Waals surface area contributed by atoms with E-state index in [1.807, 2.05) is 35.4 Å². The minimum Gasteiger partial charge on any atom is -0.375 e. The Balaban J connectivity index is 0.988. The number of hydrogen-bond donors (Lipinski definition) is 1. The zero-order valence-corrected chi connectivity index (χ0v) is 21.3. The summed E-state index contributed by atoms with van der Waals surface area (Å²) in [4.78, 5) is 17.2. The van der Waals surface area contributed by atoms with Crippen LogP contribution in [-0.2, 0) is 6.54 Å². The Morgan fingerprint density at radius 2 is 1.94 bits per heavy atom. The number of thiazole rings is 1. The number of aromatic nitrogens is 5. The molecule has 7 nitrogen and oxygen atoms in total. The van der Waals surface area contributed by atoms with Crippen LogP contribution in [0.1, 0.15) is 42.9 Å². The number of rotatable bonds is 7. The number of nitrogens with zero attached hydrogens (tertiary/aromatic N) is 6. The topological polar surface area (TPSA) is 85.8 Å². The van der Waals surface area contributed by atoms with E-state index in [0.717, 1.165) is 53.5 Å². The zero-order valence-electron chi connectivity index (χ0n) is 19.7. The predicted octanol–water partition coefficient (Wildman–Crippen LogP) is 5.48. The molecule has 35 heavy (non-hydrogen) atoms. The molecule has 9 heteroatoms. The average molecular weight is 508 g/mol.